The van der Waals surface area contributed by atoms with Crippen LogP contribution in [0.15, 0.2) is 42.6 Å². The van der Waals surface area contributed by atoms with Crippen molar-refractivity contribution in [1.29, 1.82) is 0 Å². The number of para-hydroxylation sites is 1. The molecule has 0 bridgehead atoms. The molecule has 4 N–H and O–H groups in total. The van der Waals surface area contributed by atoms with Gasteiger partial charge in [-0.15, -0.1) is 0 Å². The average molecular weight is 215 g/mol. The predicted molar refractivity (Wildman–Crippen MR) is 63.8 cm³/mol. The van der Waals surface area contributed by atoms with Gasteiger partial charge in [-0.2, -0.15) is 0 Å². The van der Waals surface area contributed by atoms with Crippen molar-refractivity contribution in [2.24, 2.45) is 0 Å². The number of pyridine rings is 1. The maximum Gasteiger partial charge on any atom is 0.166 e. The predicted octanol–water partition coefficient (Wildman–Crippen LogP) is 1.82. The standard InChI is InChI=1S/C12H13N3O/c13-10-5-2-1-4-9(10)8-16-11-6-3-7-15-12(11)14/h1-7H,8,13H2,(H2,14,15). The monoisotopic (exact) mass is 215 g/mol. The first-order valence-electron chi connectivity index (χ1n) is 4.94. The lowest BCUT2D eigenvalue weighted by molar-refractivity contribution is 0.307. The van der Waals surface area contributed by atoms with Gasteiger partial charge in [0, 0.05) is 17.4 Å². The number of nitrogen functional groups attached to an aromatic ring is 2. The van der Waals surface area contributed by atoms with Crippen LogP contribution in [0.5, 0.6) is 5.75 Å². The molecule has 1 aromatic heterocycles. The highest BCUT2D eigenvalue weighted by atomic mass is 16.5. The fourth-order valence-corrected chi connectivity index (χ4v) is 1.35. The van der Waals surface area contributed by atoms with Gasteiger partial charge in [0.05, 0.1) is 0 Å². The number of hydrogen-bond donors (Lipinski definition) is 2. The van der Waals surface area contributed by atoms with Crippen molar-refractivity contribution in [2.45, 2.75) is 6.61 Å². The molecule has 0 unspecified atom stereocenters. The molecule has 0 amide bonds. The summed E-state index contributed by atoms with van der Waals surface area (Å²) in [4.78, 5) is 3.94. The van der Waals surface area contributed by atoms with Gasteiger partial charge in [-0.05, 0) is 18.2 Å². The summed E-state index contributed by atoms with van der Waals surface area (Å²) in [6.07, 6.45) is 1.62. The van der Waals surface area contributed by atoms with Crippen LogP contribution >= 0.6 is 0 Å². The van der Waals surface area contributed by atoms with Crippen LogP contribution < -0.4 is 16.2 Å². The van der Waals surface area contributed by atoms with E-state index < -0.39 is 0 Å². The SMILES string of the molecule is Nc1ccccc1COc1cccnc1N. The molecule has 4 nitrogen and oxygen atoms in total. The van der Waals surface area contributed by atoms with Gasteiger partial charge in [0.1, 0.15) is 6.61 Å². The quantitative estimate of drug-likeness (QED) is 0.766. The van der Waals surface area contributed by atoms with Crippen molar-refractivity contribution >= 4 is 11.5 Å². The summed E-state index contributed by atoms with van der Waals surface area (Å²) in [7, 11) is 0. The summed E-state index contributed by atoms with van der Waals surface area (Å²) >= 11 is 0. The molecule has 1 aromatic carbocycles. The second-order valence-electron chi connectivity index (χ2n) is 3.37. The Hall–Kier alpha value is -2.23. The van der Waals surface area contributed by atoms with E-state index in [1.54, 1.807) is 18.3 Å². The van der Waals surface area contributed by atoms with Crippen LogP contribution in [-0.2, 0) is 6.61 Å². The second kappa shape index (κ2) is 4.53. The van der Waals surface area contributed by atoms with Crippen molar-refractivity contribution in [3.05, 3.63) is 48.2 Å². The van der Waals surface area contributed by atoms with Gasteiger partial charge in [-0.3, -0.25) is 0 Å². The van der Waals surface area contributed by atoms with Gasteiger partial charge in [0.15, 0.2) is 11.6 Å². The zero-order valence-corrected chi connectivity index (χ0v) is 8.76. The molecule has 16 heavy (non-hydrogen) atoms. The Labute approximate surface area is 93.9 Å². The van der Waals surface area contributed by atoms with Crippen molar-refractivity contribution in [3.8, 4) is 5.75 Å². The third kappa shape index (κ3) is 2.23. The number of ether oxygens (including phenoxy) is 1. The number of benzene rings is 1. The Morgan fingerprint density at radius 3 is 2.62 bits per heavy atom. The first-order valence-corrected chi connectivity index (χ1v) is 4.94. The average Bonchev–Trinajstić information content (AvgIpc) is 2.30. The number of aromatic nitrogens is 1. The minimum atomic E-state index is 0.386. The largest absolute Gasteiger partial charge is 0.485 e. The molecule has 0 aliphatic heterocycles. The maximum absolute atomic E-state index is 5.80. The molecule has 4 heteroatoms. The molecule has 2 rings (SSSR count). The zero-order valence-electron chi connectivity index (χ0n) is 8.76. The topological polar surface area (TPSA) is 74.2 Å². The van der Waals surface area contributed by atoms with Crippen LogP contribution in [0.4, 0.5) is 11.5 Å². The Morgan fingerprint density at radius 1 is 1.06 bits per heavy atom. The van der Waals surface area contributed by atoms with Crippen molar-refractivity contribution in [3.63, 3.8) is 0 Å². The lowest BCUT2D eigenvalue weighted by atomic mass is 10.2. The zero-order chi connectivity index (χ0) is 11.4. The van der Waals surface area contributed by atoms with Crippen molar-refractivity contribution < 1.29 is 4.74 Å². The van der Waals surface area contributed by atoms with E-state index in [2.05, 4.69) is 4.98 Å². The Bertz CT molecular complexity index is 440. The normalized spacial score (nSPS) is 10.0. The van der Waals surface area contributed by atoms with Crippen LogP contribution in [0.2, 0.25) is 0 Å². The minimum Gasteiger partial charge on any atom is -0.485 e. The number of rotatable bonds is 3. The molecule has 2 aromatic rings. The van der Waals surface area contributed by atoms with E-state index in [4.69, 9.17) is 16.2 Å². The first-order chi connectivity index (χ1) is 7.77. The first kappa shape index (κ1) is 10.3. The fraction of sp³-hybridized carbons (Fsp3) is 0.0833. The maximum atomic E-state index is 5.80. The fourth-order valence-electron chi connectivity index (χ4n) is 1.35. The molecular weight excluding hydrogens is 202 g/mol. The molecule has 0 saturated carbocycles. The van der Waals surface area contributed by atoms with E-state index in [9.17, 15) is 0 Å². The van der Waals surface area contributed by atoms with E-state index in [1.807, 2.05) is 24.3 Å². The van der Waals surface area contributed by atoms with E-state index in [-0.39, 0.29) is 0 Å². The van der Waals surface area contributed by atoms with Crippen LogP contribution in [0.1, 0.15) is 5.56 Å². The summed E-state index contributed by atoms with van der Waals surface area (Å²) in [5.74, 6) is 0.961. The van der Waals surface area contributed by atoms with Crippen molar-refractivity contribution in [1.82, 2.24) is 4.98 Å². The van der Waals surface area contributed by atoms with Gasteiger partial charge in [0.2, 0.25) is 0 Å². The van der Waals surface area contributed by atoms with Gasteiger partial charge in [0.25, 0.3) is 0 Å². The molecule has 0 aliphatic carbocycles. The van der Waals surface area contributed by atoms with Crippen LogP contribution in [0.3, 0.4) is 0 Å². The molecule has 0 spiro atoms. The summed E-state index contributed by atoms with van der Waals surface area (Å²) < 4.78 is 5.54. The smallest absolute Gasteiger partial charge is 0.166 e. The van der Waals surface area contributed by atoms with Gasteiger partial charge < -0.3 is 16.2 Å². The Balaban J connectivity index is 2.09. The van der Waals surface area contributed by atoms with E-state index in [1.165, 1.54) is 0 Å². The molecule has 0 aliphatic rings. The number of nitrogens with two attached hydrogens (primary N) is 2. The highest BCUT2D eigenvalue weighted by molar-refractivity contribution is 5.48. The summed E-state index contributed by atoms with van der Waals surface area (Å²) in [6.45, 7) is 0.391. The highest BCUT2D eigenvalue weighted by Gasteiger charge is 2.02. The lowest BCUT2D eigenvalue weighted by Crippen LogP contribution is -2.02. The third-order valence-corrected chi connectivity index (χ3v) is 2.24. The molecule has 0 radical (unpaired) electrons. The van der Waals surface area contributed by atoms with Gasteiger partial charge in [-0.25, -0.2) is 4.98 Å². The lowest BCUT2D eigenvalue weighted by Gasteiger charge is -2.09. The minimum absolute atomic E-state index is 0.386. The van der Waals surface area contributed by atoms with Crippen molar-refractivity contribution in [2.75, 3.05) is 11.5 Å². The second-order valence-corrected chi connectivity index (χ2v) is 3.37. The number of anilines is 2. The molecule has 0 fully saturated rings. The summed E-state index contributed by atoms with van der Waals surface area (Å²) in [5.41, 5.74) is 13.1. The number of nitrogens with zero attached hydrogens (tertiary/aromatic N) is 1. The van der Waals surface area contributed by atoms with Gasteiger partial charge >= 0.3 is 0 Å². The van der Waals surface area contributed by atoms with E-state index in [0.29, 0.717) is 23.9 Å². The summed E-state index contributed by atoms with van der Waals surface area (Å²) in [6, 6.07) is 11.1. The third-order valence-electron chi connectivity index (χ3n) is 2.24. The molecule has 0 saturated heterocycles. The number of hydrogen-bond acceptors (Lipinski definition) is 4. The van der Waals surface area contributed by atoms with Gasteiger partial charge in [-0.1, -0.05) is 18.2 Å². The molecule has 0 atom stereocenters. The van der Waals surface area contributed by atoms with Crippen LogP contribution in [0, 0.1) is 0 Å². The Morgan fingerprint density at radius 2 is 1.88 bits per heavy atom. The summed E-state index contributed by atoms with van der Waals surface area (Å²) in [5, 5.41) is 0. The van der Waals surface area contributed by atoms with Crippen LogP contribution in [-0.4, -0.2) is 4.98 Å². The van der Waals surface area contributed by atoms with Crippen LogP contribution in [0.25, 0.3) is 0 Å². The Kier molecular flexibility index (Phi) is 2.91. The van der Waals surface area contributed by atoms with E-state index >= 15 is 0 Å². The molecule has 1 heterocycles. The molecule has 82 valence electrons. The molecular formula is C12H13N3O. The highest BCUT2D eigenvalue weighted by Crippen LogP contribution is 2.20. The van der Waals surface area contributed by atoms with E-state index in [0.717, 1.165) is 5.56 Å².